The minimum Gasteiger partial charge on any atom is -0.370 e. The maximum Gasteiger partial charge on any atom is 0.218 e. The fourth-order valence-corrected chi connectivity index (χ4v) is 2.29. The predicted molar refractivity (Wildman–Crippen MR) is 74.1 cm³/mol. The first kappa shape index (κ1) is 12.6. The van der Waals surface area contributed by atoms with Crippen LogP contribution in [0, 0.1) is 0 Å². The maximum absolute atomic E-state index is 11.0. The van der Waals surface area contributed by atoms with Crippen LogP contribution in [-0.2, 0) is 4.79 Å². The SMILES string of the molecule is CC(c1cccc2ccccc12)C(N)CC(N)=O. The smallest absolute Gasteiger partial charge is 0.218 e. The molecular formula is C15H18N2O. The second-order valence-corrected chi connectivity index (χ2v) is 4.69. The van der Waals surface area contributed by atoms with Crippen LogP contribution >= 0.6 is 0 Å². The topological polar surface area (TPSA) is 69.1 Å². The molecule has 0 aromatic heterocycles. The molecule has 94 valence electrons. The lowest BCUT2D eigenvalue weighted by Gasteiger charge is -2.20. The number of rotatable bonds is 4. The molecule has 1 amide bonds. The van der Waals surface area contributed by atoms with Gasteiger partial charge in [-0.25, -0.2) is 0 Å². The normalized spacial score (nSPS) is 14.3. The molecule has 0 heterocycles. The lowest BCUT2D eigenvalue weighted by molar-refractivity contribution is -0.118. The third kappa shape index (κ3) is 2.51. The average molecular weight is 242 g/mol. The Balaban J connectivity index is 2.38. The number of nitrogens with two attached hydrogens (primary N) is 2. The van der Waals surface area contributed by atoms with E-state index in [1.807, 2.05) is 25.1 Å². The molecule has 18 heavy (non-hydrogen) atoms. The van der Waals surface area contributed by atoms with Gasteiger partial charge in [-0.3, -0.25) is 4.79 Å². The van der Waals surface area contributed by atoms with E-state index in [2.05, 4.69) is 24.3 Å². The summed E-state index contributed by atoms with van der Waals surface area (Å²) in [6.45, 7) is 2.04. The number of carbonyl (C=O) groups is 1. The van der Waals surface area contributed by atoms with Crippen molar-refractivity contribution in [1.29, 1.82) is 0 Å². The highest BCUT2D eigenvalue weighted by Crippen LogP contribution is 2.27. The van der Waals surface area contributed by atoms with Gasteiger partial charge in [0.15, 0.2) is 0 Å². The van der Waals surface area contributed by atoms with Crippen molar-refractivity contribution in [2.45, 2.75) is 25.3 Å². The molecule has 0 aliphatic heterocycles. The molecular weight excluding hydrogens is 224 g/mol. The second kappa shape index (κ2) is 5.19. The van der Waals surface area contributed by atoms with E-state index in [-0.39, 0.29) is 24.3 Å². The molecule has 2 aromatic rings. The van der Waals surface area contributed by atoms with Gasteiger partial charge in [0.1, 0.15) is 0 Å². The minimum atomic E-state index is -0.352. The second-order valence-electron chi connectivity index (χ2n) is 4.69. The van der Waals surface area contributed by atoms with Crippen LogP contribution in [0.1, 0.15) is 24.8 Å². The lowest BCUT2D eigenvalue weighted by Crippen LogP contribution is -2.32. The molecule has 0 saturated carbocycles. The zero-order chi connectivity index (χ0) is 13.1. The predicted octanol–water partition coefficient (Wildman–Crippen LogP) is 2.15. The molecule has 0 fully saturated rings. The third-order valence-corrected chi connectivity index (χ3v) is 3.39. The number of carbonyl (C=O) groups excluding carboxylic acids is 1. The number of hydrogen-bond donors (Lipinski definition) is 2. The van der Waals surface area contributed by atoms with Crippen molar-refractivity contribution in [3.05, 3.63) is 48.0 Å². The molecule has 4 N–H and O–H groups in total. The molecule has 0 bridgehead atoms. The molecule has 0 aliphatic rings. The highest BCUT2D eigenvalue weighted by Gasteiger charge is 2.18. The van der Waals surface area contributed by atoms with Gasteiger partial charge in [-0.2, -0.15) is 0 Å². The molecule has 0 aliphatic carbocycles. The quantitative estimate of drug-likeness (QED) is 0.862. The molecule has 0 radical (unpaired) electrons. The first-order valence-corrected chi connectivity index (χ1v) is 6.11. The van der Waals surface area contributed by atoms with E-state index in [9.17, 15) is 4.79 Å². The zero-order valence-electron chi connectivity index (χ0n) is 10.5. The van der Waals surface area contributed by atoms with Crippen molar-refractivity contribution in [3.63, 3.8) is 0 Å². The number of hydrogen-bond acceptors (Lipinski definition) is 2. The van der Waals surface area contributed by atoms with Gasteiger partial charge >= 0.3 is 0 Å². The number of primary amides is 1. The lowest BCUT2D eigenvalue weighted by atomic mass is 9.88. The zero-order valence-corrected chi connectivity index (χ0v) is 10.5. The van der Waals surface area contributed by atoms with Gasteiger partial charge < -0.3 is 11.5 Å². The Kier molecular flexibility index (Phi) is 3.63. The van der Waals surface area contributed by atoms with E-state index in [4.69, 9.17) is 11.5 Å². The molecule has 2 atom stereocenters. The van der Waals surface area contributed by atoms with Crippen molar-refractivity contribution in [2.24, 2.45) is 11.5 Å². The standard InChI is InChI=1S/C15H18N2O/c1-10(14(16)9-15(17)18)12-8-4-6-11-5-2-3-7-13(11)12/h2-8,10,14H,9,16H2,1H3,(H2,17,18). The highest BCUT2D eigenvalue weighted by atomic mass is 16.1. The molecule has 2 aromatic carbocycles. The van der Waals surface area contributed by atoms with Gasteiger partial charge in [-0.15, -0.1) is 0 Å². The Bertz CT molecular complexity index is 560. The van der Waals surface area contributed by atoms with Gasteiger partial charge in [0.05, 0.1) is 0 Å². The maximum atomic E-state index is 11.0. The Morgan fingerprint density at radius 3 is 2.56 bits per heavy atom. The fourth-order valence-electron chi connectivity index (χ4n) is 2.29. The summed E-state index contributed by atoms with van der Waals surface area (Å²) in [6, 6.07) is 14.1. The number of amides is 1. The van der Waals surface area contributed by atoms with E-state index < -0.39 is 0 Å². The summed E-state index contributed by atoms with van der Waals surface area (Å²) in [5, 5.41) is 2.38. The Hall–Kier alpha value is -1.87. The van der Waals surface area contributed by atoms with Gasteiger partial charge in [0, 0.05) is 12.5 Å². The molecule has 3 heteroatoms. The monoisotopic (exact) mass is 242 g/mol. The summed E-state index contributed by atoms with van der Waals surface area (Å²) in [7, 11) is 0. The fraction of sp³-hybridized carbons (Fsp3) is 0.267. The number of fused-ring (bicyclic) bond motifs is 1. The molecule has 0 spiro atoms. The molecule has 0 saturated heterocycles. The third-order valence-electron chi connectivity index (χ3n) is 3.39. The van der Waals surface area contributed by atoms with Crippen molar-refractivity contribution >= 4 is 16.7 Å². The summed E-state index contributed by atoms with van der Waals surface area (Å²) in [5.74, 6) is -0.252. The summed E-state index contributed by atoms with van der Waals surface area (Å²) >= 11 is 0. The van der Waals surface area contributed by atoms with Crippen LogP contribution in [0.25, 0.3) is 10.8 Å². The minimum absolute atomic E-state index is 0.101. The summed E-state index contributed by atoms with van der Waals surface area (Å²) < 4.78 is 0. The van der Waals surface area contributed by atoms with E-state index in [0.29, 0.717) is 0 Å². The molecule has 2 unspecified atom stereocenters. The average Bonchev–Trinajstić information content (AvgIpc) is 2.36. The van der Waals surface area contributed by atoms with Crippen LogP contribution in [0.15, 0.2) is 42.5 Å². The number of benzene rings is 2. The van der Waals surface area contributed by atoms with Crippen LogP contribution in [0.4, 0.5) is 0 Å². The first-order valence-electron chi connectivity index (χ1n) is 6.11. The van der Waals surface area contributed by atoms with Crippen LogP contribution in [-0.4, -0.2) is 11.9 Å². The van der Waals surface area contributed by atoms with E-state index >= 15 is 0 Å². The Morgan fingerprint density at radius 1 is 1.17 bits per heavy atom. The van der Waals surface area contributed by atoms with E-state index in [0.717, 1.165) is 0 Å². The Morgan fingerprint density at radius 2 is 1.83 bits per heavy atom. The van der Waals surface area contributed by atoms with Crippen LogP contribution in [0.2, 0.25) is 0 Å². The summed E-state index contributed by atoms with van der Waals surface area (Å²) in [6.07, 6.45) is 0.213. The summed E-state index contributed by atoms with van der Waals surface area (Å²) in [4.78, 5) is 11.0. The summed E-state index contributed by atoms with van der Waals surface area (Å²) in [5.41, 5.74) is 12.4. The Labute approximate surface area is 107 Å². The van der Waals surface area contributed by atoms with Gasteiger partial charge in [-0.05, 0) is 22.3 Å². The van der Waals surface area contributed by atoms with Crippen molar-refractivity contribution in [1.82, 2.24) is 0 Å². The van der Waals surface area contributed by atoms with Crippen molar-refractivity contribution < 1.29 is 4.79 Å². The van der Waals surface area contributed by atoms with Crippen LogP contribution in [0.3, 0.4) is 0 Å². The first-order chi connectivity index (χ1) is 8.59. The van der Waals surface area contributed by atoms with Crippen molar-refractivity contribution in [3.8, 4) is 0 Å². The van der Waals surface area contributed by atoms with E-state index in [1.165, 1.54) is 16.3 Å². The van der Waals surface area contributed by atoms with Gasteiger partial charge in [0.25, 0.3) is 0 Å². The highest BCUT2D eigenvalue weighted by molar-refractivity contribution is 5.86. The van der Waals surface area contributed by atoms with Crippen molar-refractivity contribution in [2.75, 3.05) is 0 Å². The van der Waals surface area contributed by atoms with E-state index in [1.54, 1.807) is 0 Å². The van der Waals surface area contributed by atoms with Crippen LogP contribution < -0.4 is 11.5 Å². The van der Waals surface area contributed by atoms with Gasteiger partial charge in [-0.1, -0.05) is 49.4 Å². The molecule has 3 nitrogen and oxygen atoms in total. The largest absolute Gasteiger partial charge is 0.370 e. The molecule has 2 rings (SSSR count). The van der Waals surface area contributed by atoms with Crippen LogP contribution in [0.5, 0.6) is 0 Å². The van der Waals surface area contributed by atoms with Gasteiger partial charge in [0.2, 0.25) is 5.91 Å².